The zero-order valence-corrected chi connectivity index (χ0v) is 13.9. The number of aryl methyl sites for hydroxylation is 1. The summed E-state index contributed by atoms with van der Waals surface area (Å²) in [6.45, 7) is 3.77. The van der Waals surface area contributed by atoms with Crippen LogP contribution in [0.4, 0.5) is 5.69 Å². The third-order valence-corrected chi connectivity index (χ3v) is 4.32. The van der Waals surface area contributed by atoms with E-state index in [9.17, 15) is 14.4 Å². The van der Waals surface area contributed by atoms with Crippen molar-refractivity contribution in [2.24, 2.45) is 5.92 Å². The van der Waals surface area contributed by atoms with E-state index in [0.717, 1.165) is 12.8 Å². The van der Waals surface area contributed by atoms with Crippen LogP contribution in [-0.2, 0) is 16.1 Å². The van der Waals surface area contributed by atoms with Gasteiger partial charge in [0.1, 0.15) is 12.2 Å². The summed E-state index contributed by atoms with van der Waals surface area (Å²) in [5.41, 5.74) is 0.535. The smallest absolute Gasteiger partial charge is 0.274 e. The first-order valence-electron chi connectivity index (χ1n) is 8.22. The van der Waals surface area contributed by atoms with E-state index in [1.54, 1.807) is 19.1 Å². The number of aromatic nitrogens is 1. The summed E-state index contributed by atoms with van der Waals surface area (Å²) >= 11 is 0. The van der Waals surface area contributed by atoms with Gasteiger partial charge in [0.05, 0.1) is 0 Å². The largest absolute Gasteiger partial charge is 0.354 e. The molecule has 2 amide bonds. The Hall–Kier alpha value is -2.11. The Morgan fingerprint density at radius 3 is 2.57 bits per heavy atom. The van der Waals surface area contributed by atoms with E-state index in [2.05, 4.69) is 10.6 Å². The second kappa shape index (κ2) is 7.94. The lowest BCUT2D eigenvalue weighted by atomic mass is 9.89. The molecule has 0 aliphatic heterocycles. The molecule has 1 aliphatic carbocycles. The Bertz CT molecular complexity index is 630. The molecule has 1 aromatic heterocycles. The number of amides is 2. The van der Waals surface area contributed by atoms with E-state index in [-0.39, 0.29) is 29.6 Å². The third kappa shape index (κ3) is 4.94. The van der Waals surface area contributed by atoms with Crippen LogP contribution in [0.5, 0.6) is 0 Å². The van der Waals surface area contributed by atoms with Crippen molar-refractivity contribution in [3.8, 4) is 0 Å². The summed E-state index contributed by atoms with van der Waals surface area (Å²) in [6.07, 6.45) is 6.08. The molecule has 0 bridgehead atoms. The topological polar surface area (TPSA) is 80.2 Å². The Morgan fingerprint density at radius 2 is 1.91 bits per heavy atom. The van der Waals surface area contributed by atoms with Gasteiger partial charge in [-0.1, -0.05) is 19.3 Å². The summed E-state index contributed by atoms with van der Waals surface area (Å²) in [4.78, 5) is 35.6. The summed E-state index contributed by atoms with van der Waals surface area (Å²) in [5.74, 6) is 0.0798. The summed E-state index contributed by atoms with van der Waals surface area (Å²) in [7, 11) is 0. The second-order valence-electron chi connectivity index (χ2n) is 6.27. The maximum absolute atomic E-state index is 12.3. The predicted octanol–water partition coefficient (Wildman–Crippen LogP) is 1.81. The standard InChI is InChI=1S/C17H25N3O3/c1-12-8-9-15(19-13(2)21)17(23)20(12)11-16(22)18-10-14-6-4-3-5-7-14/h8-9,14H,3-7,10-11H2,1-2H3,(H,18,22)(H,19,21). The number of hydrogen-bond donors (Lipinski definition) is 2. The van der Waals surface area contributed by atoms with Crippen molar-refractivity contribution in [2.45, 2.75) is 52.5 Å². The lowest BCUT2D eigenvalue weighted by molar-refractivity contribution is -0.122. The van der Waals surface area contributed by atoms with Crippen LogP contribution in [0.2, 0.25) is 0 Å². The summed E-state index contributed by atoms with van der Waals surface area (Å²) in [5, 5.41) is 5.42. The molecular weight excluding hydrogens is 294 g/mol. The van der Waals surface area contributed by atoms with Gasteiger partial charge in [-0.15, -0.1) is 0 Å². The molecule has 2 N–H and O–H groups in total. The van der Waals surface area contributed by atoms with E-state index in [4.69, 9.17) is 0 Å². The van der Waals surface area contributed by atoms with Crippen molar-refractivity contribution >= 4 is 17.5 Å². The quantitative estimate of drug-likeness (QED) is 0.868. The first-order chi connectivity index (χ1) is 11.0. The molecule has 1 aromatic rings. The highest BCUT2D eigenvalue weighted by atomic mass is 16.2. The fraction of sp³-hybridized carbons (Fsp3) is 0.588. The molecule has 0 aromatic carbocycles. The number of carbonyl (C=O) groups is 2. The molecule has 0 atom stereocenters. The van der Waals surface area contributed by atoms with Crippen molar-refractivity contribution in [3.05, 3.63) is 28.2 Å². The minimum Gasteiger partial charge on any atom is -0.354 e. The van der Waals surface area contributed by atoms with Gasteiger partial charge >= 0.3 is 0 Å². The maximum atomic E-state index is 12.3. The lowest BCUT2D eigenvalue weighted by Gasteiger charge is -2.22. The van der Waals surface area contributed by atoms with Gasteiger partial charge in [0, 0.05) is 19.2 Å². The van der Waals surface area contributed by atoms with Crippen molar-refractivity contribution in [1.29, 1.82) is 0 Å². The van der Waals surface area contributed by atoms with Crippen LogP contribution in [0, 0.1) is 12.8 Å². The molecule has 0 radical (unpaired) electrons. The molecule has 1 aliphatic rings. The van der Waals surface area contributed by atoms with Crippen molar-refractivity contribution < 1.29 is 9.59 Å². The van der Waals surface area contributed by atoms with E-state index in [1.807, 2.05) is 0 Å². The maximum Gasteiger partial charge on any atom is 0.274 e. The molecular formula is C17H25N3O3. The van der Waals surface area contributed by atoms with Crippen molar-refractivity contribution in [3.63, 3.8) is 0 Å². The number of rotatable bonds is 5. The van der Waals surface area contributed by atoms with Crippen LogP contribution in [0.1, 0.15) is 44.7 Å². The minimum atomic E-state index is -0.354. The molecule has 2 rings (SSSR count). The molecule has 0 unspecified atom stereocenters. The fourth-order valence-electron chi connectivity index (χ4n) is 3.00. The van der Waals surface area contributed by atoms with Gasteiger partial charge in [0.15, 0.2) is 0 Å². The van der Waals surface area contributed by atoms with Crippen LogP contribution in [0.25, 0.3) is 0 Å². The van der Waals surface area contributed by atoms with E-state index in [0.29, 0.717) is 18.2 Å². The Kier molecular flexibility index (Phi) is 5.96. The van der Waals surface area contributed by atoms with E-state index >= 15 is 0 Å². The molecule has 126 valence electrons. The van der Waals surface area contributed by atoms with Crippen LogP contribution in [0.15, 0.2) is 16.9 Å². The minimum absolute atomic E-state index is 0.0230. The van der Waals surface area contributed by atoms with Crippen molar-refractivity contribution in [1.82, 2.24) is 9.88 Å². The zero-order valence-electron chi connectivity index (χ0n) is 13.9. The van der Waals surface area contributed by atoms with Gasteiger partial charge in [-0.2, -0.15) is 0 Å². The molecule has 6 nitrogen and oxygen atoms in total. The van der Waals surface area contributed by atoms with Crippen molar-refractivity contribution in [2.75, 3.05) is 11.9 Å². The number of anilines is 1. The molecule has 0 spiro atoms. The monoisotopic (exact) mass is 319 g/mol. The molecule has 23 heavy (non-hydrogen) atoms. The first-order valence-corrected chi connectivity index (χ1v) is 8.22. The second-order valence-corrected chi connectivity index (χ2v) is 6.27. The number of hydrogen-bond acceptors (Lipinski definition) is 3. The van der Waals surface area contributed by atoms with Gasteiger partial charge in [-0.3, -0.25) is 14.4 Å². The lowest BCUT2D eigenvalue weighted by Crippen LogP contribution is -2.36. The fourth-order valence-corrected chi connectivity index (χ4v) is 3.00. The van der Waals surface area contributed by atoms with E-state index < -0.39 is 0 Å². The van der Waals surface area contributed by atoms with Gasteiger partial charge in [-0.05, 0) is 37.8 Å². The normalized spacial score (nSPS) is 15.2. The number of nitrogens with zero attached hydrogens (tertiary/aromatic N) is 1. The van der Waals surface area contributed by atoms with E-state index in [1.165, 1.54) is 30.8 Å². The van der Waals surface area contributed by atoms with Crippen LogP contribution < -0.4 is 16.2 Å². The van der Waals surface area contributed by atoms with Crippen LogP contribution >= 0.6 is 0 Å². The third-order valence-electron chi connectivity index (χ3n) is 4.32. The number of pyridine rings is 1. The van der Waals surface area contributed by atoms with Gasteiger partial charge in [0.2, 0.25) is 11.8 Å². The average Bonchev–Trinajstić information content (AvgIpc) is 2.53. The number of nitrogens with one attached hydrogen (secondary N) is 2. The van der Waals surface area contributed by atoms with Crippen LogP contribution in [0.3, 0.4) is 0 Å². The van der Waals surface area contributed by atoms with Gasteiger partial charge in [-0.25, -0.2) is 0 Å². The van der Waals surface area contributed by atoms with Gasteiger partial charge < -0.3 is 15.2 Å². The molecule has 0 saturated heterocycles. The highest BCUT2D eigenvalue weighted by Gasteiger charge is 2.15. The van der Waals surface area contributed by atoms with Gasteiger partial charge in [0.25, 0.3) is 5.56 Å². The summed E-state index contributed by atoms with van der Waals surface area (Å²) < 4.78 is 1.39. The Morgan fingerprint density at radius 1 is 1.22 bits per heavy atom. The Labute approximate surface area is 136 Å². The first kappa shape index (κ1) is 17.2. The highest BCUT2D eigenvalue weighted by Crippen LogP contribution is 2.22. The molecule has 1 saturated carbocycles. The van der Waals surface area contributed by atoms with Crippen LogP contribution in [-0.4, -0.2) is 22.9 Å². The SMILES string of the molecule is CC(=O)Nc1ccc(C)n(CC(=O)NCC2CCCCC2)c1=O. The zero-order chi connectivity index (χ0) is 16.8. The molecule has 6 heteroatoms. The average molecular weight is 319 g/mol. The Balaban J connectivity index is 1.99. The summed E-state index contributed by atoms with van der Waals surface area (Å²) in [6, 6.07) is 3.29. The number of carbonyl (C=O) groups excluding carboxylic acids is 2. The molecule has 1 fully saturated rings. The molecule has 1 heterocycles. The predicted molar refractivity (Wildman–Crippen MR) is 89.3 cm³/mol. The highest BCUT2D eigenvalue weighted by molar-refractivity contribution is 5.88.